The van der Waals surface area contributed by atoms with Crippen LogP contribution in [0.25, 0.3) is 0 Å². The number of unbranched alkanes of at least 4 members (excludes halogenated alkanes) is 4. The minimum Gasteiger partial charge on any atom is -0.465 e. The molecule has 0 saturated carbocycles. The fourth-order valence-electron chi connectivity index (χ4n) is 2.76. The first kappa shape index (κ1) is 20.9. The van der Waals surface area contributed by atoms with Gasteiger partial charge in [-0.3, -0.25) is 4.79 Å². The van der Waals surface area contributed by atoms with Crippen molar-refractivity contribution < 1.29 is 23.9 Å². The number of ether oxygens (including phenoxy) is 2. The molecule has 0 aromatic rings. The van der Waals surface area contributed by atoms with Gasteiger partial charge in [0.2, 0.25) is 0 Å². The van der Waals surface area contributed by atoms with Gasteiger partial charge in [-0.1, -0.05) is 46.5 Å². The van der Waals surface area contributed by atoms with Gasteiger partial charge in [0.1, 0.15) is 0 Å². The van der Waals surface area contributed by atoms with Crippen molar-refractivity contribution in [3.63, 3.8) is 0 Å². The summed E-state index contributed by atoms with van der Waals surface area (Å²) in [4.78, 5) is 30.6. The molecular weight excluding hydrogens is 310 g/mol. The number of hydrogen-bond acceptors (Lipinski definition) is 6. The maximum atomic E-state index is 12.6. The predicted molar refractivity (Wildman–Crippen MR) is 91.2 cm³/mol. The topological polar surface area (TPSA) is 65.1 Å². The van der Waals surface area contributed by atoms with Gasteiger partial charge in [0.05, 0.1) is 32.9 Å². The van der Waals surface area contributed by atoms with E-state index in [4.69, 9.17) is 14.3 Å². The zero-order chi connectivity index (χ0) is 17.8. The number of rotatable bonds is 11. The Morgan fingerprint density at radius 3 is 2.17 bits per heavy atom. The lowest BCUT2D eigenvalue weighted by Crippen LogP contribution is -2.46. The van der Waals surface area contributed by atoms with Gasteiger partial charge in [-0.15, -0.1) is 5.06 Å². The molecule has 0 aromatic carbocycles. The smallest absolute Gasteiger partial charge is 0.342 e. The first-order chi connectivity index (χ1) is 11.6. The third-order valence-corrected chi connectivity index (χ3v) is 4.65. The van der Waals surface area contributed by atoms with Gasteiger partial charge in [0.15, 0.2) is 5.41 Å². The van der Waals surface area contributed by atoms with E-state index in [0.717, 1.165) is 19.3 Å². The van der Waals surface area contributed by atoms with Crippen LogP contribution < -0.4 is 0 Å². The Kier molecular flexibility index (Phi) is 9.95. The van der Waals surface area contributed by atoms with E-state index in [-0.39, 0.29) is 0 Å². The van der Waals surface area contributed by atoms with Crippen molar-refractivity contribution in [2.45, 2.75) is 65.7 Å². The monoisotopic (exact) mass is 343 g/mol. The first-order valence-corrected chi connectivity index (χ1v) is 9.33. The zero-order valence-electron chi connectivity index (χ0n) is 15.5. The SMILES string of the molecule is CCCCCCCOC(=O)C(CC)(CC)C(=O)ON1CCOCC1. The molecule has 0 atom stereocenters. The molecule has 0 amide bonds. The van der Waals surface area contributed by atoms with E-state index in [1.165, 1.54) is 12.8 Å². The molecule has 0 unspecified atom stereocenters. The Morgan fingerprint density at radius 2 is 1.58 bits per heavy atom. The van der Waals surface area contributed by atoms with Crippen LogP contribution in [-0.2, 0) is 23.9 Å². The van der Waals surface area contributed by atoms with Crippen molar-refractivity contribution >= 4 is 11.9 Å². The van der Waals surface area contributed by atoms with Crippen LogP contribution in [0, 0.1) is 5.41 Å². The molecule has 24 heavy (non-hydrogen) atoms. The number of hydroxylamine groups is 2. The van der Waals surface area contributed by atoms with Crippen LogP contribution in [0.1, 0.15) is 65.7 Å². The lowest BCUT2D eigenvalue weighted by molar-refractivity contribution is -0.219. The lowest BCUT2D eigenvalue weighted by Gasteiger charge is -2.31. The molecule has 0 N–H and O–H groups in total. The maximum Gasteiger partial charge on any atom is 0.342 e. The van der Waals surface area contributed by atoms with Crippen molar-refractivity contribution in [1.82, 2.24) is 5.06 Å². The molecule has 0 aromatic heterocycles. The summed E-state index contributed by atoms with van der Waals surface area (Å²) in [5.41, 5.74) is -1.21. The Morgan fingerprint density at radius 1 is 0.958 bits per heavy atom. The normalized spacial score (nSPS) is 16.0. The van der Waals surface area contributed by atoms with Crippen LogP contribution in [0.4, 0.5) is 0 Å². The van der Waals surface area contributed by atoms with Crippen LogP contribution in [0.3, 0.4) is 0 Å². The van der Waals surface area contributed by atoms with Crippen LogP contribution in [0.5, 0.6) is 0 Å². The fraction of sp³-hybridized carbons (Fsp3) is 0.889. The maximum absolute atomic E-state index is 12.6. The third-order valence-electron chi connectivity index (χ3n) is 4.65. The van der Waals surface area contributed by atoms with Gasteiger partial charge in [0.25, 0.3) is 0 Å². The molecule has 140 valence electrons. The van der Waals surface area contributed by atoms with Crippen LogP contribution >= 0.6 is 0 Å². The number of morpholine rings is 1. The minimum atomic E-state index is -1.21. The average molecular weight is 343 g/mol. The van der Waals surface area contributed by atoms with Gasteiger partial charge in [0, 0.05) is 0 Å². The average Bonchev–Trinajstić information content (AvgIpc) is 2.60. The molecule has 1 saturated heterocycles. The number of nitrogens with zero attached hydrogens (tertiary/aromatic N) is 1. The largest absolute Gasteiger partial charge is 0.465 e. The molecule has 1 fully saturated rings. The van der Waals surface area contributed by atoms with Crippen LogP contribution in [0.15, 0.2) is 0 Å². The summed E-state index contributed by atoms with van der Waals surface area (Å²) in [7, 11) is 0. The summed E-state index contributed by atoms with van der Waals surface area (Å²) >= 11 is 0. The van der Waals surface area contributed by atoms with Crippen molar-refractivity contribution in [1.29, 1.82) is 0 Å². The quantitative estimate of drug-likeness (QED) is 0.326. The Hall–Kier alpha value is -1.14. The second kappa shape index (κ2) is 11.4. The number of esters is 1. The fourth-order valence-corrected chi connectivity index (χ4v) is 2.76. The molecule has 0 aliphatic carbocycles. The Balaban J connectivity index is 2.51. The highest BCUT2D eigenvalue weighted by atomic mass is 16.7. The second-order valence-electron chi connectivity index (χ2n) is 6.26. The van der Waals surface area contributed by atoms with Gasteiger partial charge >= 0.3 is 11.9 Å². The van der Waals surface area contributed by atoms with Crippen molar-refractivity contribution in [3.05, 3.63) is 0 Å². The van der Waals surface area contributed by atoms with E-state index in [9.17, 15) is 9.59 Å². The summed E-state index contributed by atoms with van der Waals surface area (Å²) in [6, 6.07) is 0. The Labute approximate surface area is 145 Å². The Bertz CT molecular complexity index is 376. The lowest BCUT2D eigenvalue weighted by atomic mass is 9.82. The number of carbonyl (C=O) groups excluding carboxylic acids is 2. The summed E-state index contributed by atoms with van der Waals surface area (Å²) in [5.74, 6) is -0.966. The van der Waals surface area contributed by atoms with Gasteiger partial charge in [-0.2, -0.15) is 0 Å². The van der Waals surface area contributed by atoms with Gasteiger partial charge in [-0.05, 0) is 19.3 Å². The molecular formula is C18H33NO5. The number of hydrogen-bond donors (Lipinski definition) is 0. The molecule has 1 heterocycles. The predicted octanol–water partition coefficient (Wildman–Crippen LogP) is 3.10. The molecule has 1 aliphatic heterocycles. The minimum absolute atomic E-state index is 0.370. The molecule has 0 radical (unpaired) electrons. The third kappa shape index (κ3) is 6.06. The van der Waals surface area contributed by atoms with E-state index in [2.05, 4.69) is 6.92 Å². The highest BCUT2D eigenvalue weighted by Gasteiger charge is 2.47. The molecule has 6 heteroatoms. The van der Waals surface area contributed by atoms with E-state index >= 15 is 0 Å². The van der Waals surface area contributed by atoms with Crippen molar-refractivity contribution in [2.24, 2.45) is 5.41 Å². The molecule has 1 aliphatic rings. The van der Waals surface area contributed by atoms with E-state index in [1.807, 2.05) is 13.8 Å². The van der Waals surface area contributed by atoms with Gasteiger partial charge in [-0.25, -0.2) is 4.79 Å². The zero-order valence-corrected chi connectivity index (χ0v) is 15.5. The summed E-state index contributed by atoms with van der Waals surface area (Å²) in [5, 5.41) is 1.57. The molecule has 1 rings (SSSR count). The van der Waals surface area contributed by atoms with E-state index in [0.29, 0.717) is 45.8 Å². The second-order valence-corrected chi connectivity index (χ2v) is 6.26. The first-order valence-electron chi connectivity index (χ1n) is 9.33. The van der Waals surface area contributed by atoms with Crippen LogP contribution in [0.2, 0.25) is 0 Å². The molecule has 0 bridgehead atoms. The van der Waals surface area contributed by atoms with E-state index in [1.54, 1.807) is 5.06 Å². The number of carbonyl (C=O) groups is 2. The van der Waals surface area contributed by atoms with Crippen molar-refractivity contribution in [2.75, 3.05) is 32.9 Å². The highest BCUT2D eigenvalue weighted by molar-refractivity contribution is 5.99. The summed E-state index contributed by atoms with van der Waals surface area (Å²) in [6.45, 7) is 8.30. The van der Waals surface area contributed by atoms with Crippen molar-refractivity contribution in [3.8, 4) is 0 Å². The standard InChI is InChI=1S/C18H33NO5/c1-4-7-8-9-10-13-23-16(20)18(5-2,6-3)17(21)24-19-11-14-22-15-12-19/h4-15H2,1-3H3. The van der Waals surface area contributed by atoms with E-state index < -0.39 is 17.4 Å². The summed E-state index contributed by atoms with van der Waals surface area (Å²) < 4.78 is 10.6. The summed E-state index contributed by atoms with van der Waals surface area (Å²) in [6.07, 6.45) is 6.18. The molecule has 0 spiro atoms. The van der Waals surface area contributed by atoms with Crippen LogP contribution in [-0.4, -0.2) is 49.9 Å². The highest BCUT2D eigenvalue weighted by Crippen LogP contribution is 2.30. The van der Waals surface area contributed by atoms with Gasteiger partial charge < -0.3 is 14.3 Å². The molecule has 6 nitrogen and oxygen atoms in total.